The van der Waals surface area contributed by atoms with Crippen molar-refractivity contribution in [3.05, 3.63) is 83.6 Å². The van der Waals surface area contributed by atoms with E-state index in [0.717, 1.165) is 34.7 Å². The highest BCUT2D eigenvalue weighted by atomic mass is 35.5. The lowest BCUT2D eigenvalue weighted by atomic mass is 10.0. The molecular formula is C24H20ClN3O2. The van der Waals surface area contributed by atoms with Crippen LogP contribution in [0.25, 0.3) is 22.4 Å². The largest absolute Gasteiger partial charge is 0.463 e. The summed E-state index contributed by atoms with van der Waals surface area (Å²) in [6.07, 6.45) is 1.61. The number of para-hydroxylation sites is 1. The van der Waals surface area contributed by atoms with Crippen molar-refractivity contribution >= 4 is 34.1 Å². The molecule has 1 aliphatic rings. The van der Waals surface area contributed by atoms with Gasteiger partial charge in [-0.2, -0.15) is 0 Å². The summed E-state index contributed by atoms with van der Waals surface area (Å²) in [6.45, 7) is 2.88. The molecule has 0 saturated carbocycles. The molecule has 0 bridgehead atoms. The van der Waals surface area contributed by atoms with Gasteiger partial charge in [0.1, 0.15) is 5.69 Å². The van der Waals surface area contributed by atoms with E-state index in [1.54, 1.807) is 6.26 Å². The van der Waals surface area contributed by atoms with Gasteiger partial charge in [0.05, 0.1) is 17.3 Å². The number of furan rings is 1. The van der Waals surface area contributed by atoms with Crippen molar-refractivity contribution < 1.29 is 9.21 Å². The maximum atomic E-state index is 13.5. The van der Waals surface area contributed by atoms with E-state index in [0.29, 0.717) is 30.1 Å². The molecule has 1 aliphatic heterocycles. The molecule has 3 heterocycles. The van der Waals surface area contributed by atoms with Crippen LogP contribution in [0.3, 0.4) is 0 Å². The molecule has 0 N–H and O–H groups in total. The maximum absolute atomic E-state index is 13.5. The molecule has 30 heavy (non-hydrogen) atoms. The van der Waals surface area contributed by atoms with Gasteiger partial charge in [-0.25, -0.2) is 4.98 Å². The second-order valence-corrected chi connectivity index (χ2v) is 7.74. The minimum Gasteiger partial charge on any atom is -0.463 e. The SMILES string of the molecule is O=C(c1cc(-c2ccco2)nc2ccccc12)N1CCN(c2ccc(Cl)cc2)CC1. The van der Waals surface area contributed by atoms with Crippen molar-refractivity contribution in [2.24, 2.45) is 0 Å². The summed E-state index contributed by atoms with van der Waals surface area (Å²) in [4.78, 5) is 22.3. The zero-order valence-corrected chi connectivity index (χ0v) is 17.0. The summed E-state index contributed by atoms with van der Waals surface area (Å²) in [5.74, 6) is 0.680. The van der Waals surface area contributed by atoms with E-state index >= 15 is 0 Å². The molecule has 1 amide bonds. The highest BCUT2D eigenvalue weighted by Gasteiger charge is 2.24. The van der Waals surface area contributed by atoms with Crippen LogP contribution in [0, 0.1) is 0 Å². The van der Waals surface area contributed by atoms with Crippen LogP contribution in [-0.2, 0) is 0 Å². The first-order chi connectivity index (χ1) is 14.7. The number of aromatic nitrogens is 1. The normalized spacial score (nSPS) is 14.3. The van der Waals surface area contributed by atoms with Crippen molar-refractivity contribution in [2.75, 3.05) is 31.1 Å². The molecule has 0 radical (unpaired) electrons. The number of benzene rings is 2. The average molecular weight is 418 g/mol. The number of hydrogen-bond donors (Lipinski definition) is 0. The number of amides is 1. The second-order valence-electron chi connectivity index (χ2n) is 7.31. The molecule has 1 fully saturated rings. The summed E-state index contributed by atoms with van der Waals surface area (Å²) in [5.41, 5.74) is 3.24. The van der Waals surface area contributed by atoms with Gasteiger partial charge in [-0.1, -0.05) is 29.8 Å². The third-order valence-corrected chi connectivity index (χ3v) is 5.73. The van der Waals surface area contributed by atoms with Crippen molar-refractivity contribution in [2.45, 2.75) is 0 Å². The average Bonchev–Trinajstić information content (AvgIpc) is 3.34. The fourth-order valence-corrected chi connectivity index (χ4v) is 4.02. The Kier molecular flexibility index (Phi) is 4.89. The number of pyridine rings is 1. The lowest BCUT2D eigenvalue weighted by Gasteiger charge is -2.36. The molecule has 0 unspecified atom stereocenters. The van der Waals surface area contributed by atoms with Gasteiger partial charge >= 0.3 is 0 Å². The number of halogens is 1. The van der Waals surface area contributed by atoms with E-state index in [9.17, 15) is 4.79 Å². The number of rotatable bonds is 3. The Labute approximate surface area is 179 Å². The van der Waals surface area contributed by atoms with Gasteiger partial charge in [-0.3, -0.25) is 4.79 Å². The van der Waals surface area contributed by atoms with E-state index < -0.39 is 0 Å². The number of anilines is 1. The molecule has 2 aromatic heterocycles. The van der Waals surface area contributed by atoms with E-state index in [4.69, 9.17) is 16.0 Å². The monoisotopic (exact) mass is 417 g/mol. The predicted molar refractivity (Wildman–Crippen MR) is 119 cm³/mol. The molecule has 0 spiro atoms. The second kappa shape index (κ2) is 7.84. The summed E-state index contributed by atoms with van der Waals surface area (Å²) < 4.78 is 5.52. The Hall–Kier alpha value is -3.31. The minimum absolute atomic E-state index is 0.0252. The molecule has 2 aromatic carbocycles. The molecule has 150 valence electrons. The third kappa shape index (κ3) is 3.53. The molecule has 1 saturated heterocycles. The molecule has 0 atom stereocenters. The third-order valence-electron chi connectivity index (χ3n) is 5.48. The first-order valence-electron chi connectivity index (χ1n) is 9.92. The smallest absolute Gasteiger partial charge is 0.254 e. The predicted octanol–water partition coefficient (Wildman–Crippen LogP) is 5.11. The molecular weight excluding hydrogens is 398 g/mol. The molecule has 5 rings (SSSR count). The molecule has 6 heteroatoms. The van der Waals surface area contributed by atoms with Crippen LogP contribution in [0.1, 0.15) is 10.4 Å². The Balaban J connectivity index is 1.42. The maximum Gasteiger partial charge on any atom is 0.254 e. The van der Waals surface area contributed by atoms with E-state index in [1.807, 2.05) is 71.6 Å². The first kappa shape index (κ1) is 18.7. The van der Waals surface area contributed by atoms with Crippen molar-refractivity contribution in [1.29, 1.82) is 0 Å². The van der Waals surface area contributed by atoms with Gasteiger partial charge in [0.2, 0.25) is 0 Å². The van der Waals surface area contributed by atoms with Gasteiger partial charge in [-0.15, -0.1) is 0 Å². The Morgan fingerprint density at radius 1 is 0.933 bits per heavy atom. The van der Waals surface area contributed by atoms with Crippen LogP contribution in [0.4, 0.5) is 5.69 Å². The molecule has 5 nitrogen and oxygen atoms in total. The molecule has 4 aromatic rings. The number of carbonyl (C=O) groups is 1. The van der Waals surface area contributed by atoms with Gasteiger partial charge in [0.25, 0.3) is 5.91 Å². The first-order valence-corrected chi connectivity index (χ1v) is 10.3. The van der Waals surface area contributed by atoms with Gasteiger partial charge in [-0.05, 0) is 48.5 Å². The van der Waals surface area contributed by atoms with Crippen LogP contribution < -0.4 is 4.90 Å². The lowest BCUT2D eigenvalue weighted by Crippen LogP contribution is -2.48. The summed E-state index contributed by atoms with van der Waals surface area (Å²) in [6, 6.07) is 21.1. The van der Waals surface area contributed by atoms with Gasteiger partial charge in [0.15, 0.2) is 5.76 Å². The number of fused-ring (bicyclic) bond motifs is 1. The van der Waals surface area contributed by atoms with Crippen molar-refractivity contribution in [3.63, 3.8) is 0 Å². The summed E-state index contributed by atoms with van der Waals surface area (Å²) in [5, 5.41) is 1.59. The van der Waals surface area contributed by atoms with E-state index in [1.165, 1.54) is 0 Å². The summed E-state index contributed by atoms with van der Waals surface area (Å²) in [7, 11) is 0. The number of carbonyl (C=O) groups excluding carboxylic acids is 1. The van der Waals surface area contributed by atoms with Crippen LogP contribution in [0.15, 0.2) is 77.4 Å². The topological polar surface area (TPSA) is 49.6 Å². The van der Waals surface area contributed by atoms with Gasteiger partial charge < -0.3 is 14.2 Å². The van der Waals surface area contributed by atoms with E-state index in [2.05, 4.69) is 9.88 Å². The van der Waals surface area contributed by atoms with Crippen LogP contribution in [-0.4, -0.2) is 42.0 Å². The quantitative estimate of drug-likeness (QED) is 0.464. The van der Waals surface area contributed by atoms with Crippen molar-refractivity contribution in [1.82, 2.24) is 9.88 Å². The lowest BCUT2D eigenvalue weighted by molar-refractivity contribution is 0.0748. The highest BCUT2D eigenvalue weighted by molar-refractivity contribution is 6.30. The van der Waals surface area contributed by atoms with Crippen LogP contribution in [0.2, 0.25) is 5.02 Å². The highest BCUT2D eigenvalue weighted by Crippen LogP contribution is 2.27. The minimum atomic E-state index is 0.0252. The van der Waals surface area contributed by atoms with Crippen molar-refractivity contribution in [3.8, 4) is 11.5 Å². The van der Waals surface area contributed by atoms with Crippen LogP contribution >= 0.6 is 11.6 Å². The van der Waals surface area contributed by atoms with Crippen LogP contribution in [0.5, 0.6) is 0 Å². The van der Waals surface area contributed by atoms with Gasteiger partial charge in [0, 0.05) is 42.3 Å². The standard InChI is InChI=1S/C24H20ClN3O2/c25-17-7-9-18(10-8-17)27-11-13-28(14-12-27)24(29)20-16-22(23-6-3-15-30-23)26-21-5-2-1-4-19(20)21/h1-10,15-16H,11-14H2. The fraction of sp³-hybridized carbons (Fsp3) is 0.167. The number of nitrogens with zero attached hydrogens (tertiary/aromatic N) is 3. The Morgan fingerprint density at radius 3 is 2.43 bits per heavy atom. The zero-order chi connectivity index (χ0) is 20.5. The Bertz CT molecular complexity index is 1180. The Morgan fingerprint density at radius 2 is 1.70 bits per heavy atom. The number of piperazine rings is 1. The molecule has 0 aliphatic carbocycles. The fourth-order valence-electron chi connectivity index (χ4n) is 3.89. The van der Waals surface area contributed by atoms with E-state index in [-0.39, 0.29) is 5.91 Å². The summed E-state index contributed by atoms with van der Waals surface area (Å²) >= 11 is 6.00. The zero-order valence-electron chi connectivity index (χ0n) is 16.3. The number of hydrogen-bond acceptors (Lipinski definition) is 4.